The highest BCUT2D eigenvalue weighted by Crippen LogP contribution is 2.12. The van der Waals surface area contributed by atoms with E-state index in [1.807, 2.05) is 13.8 Å². The highest BCUT2D eigenvalue weighted by atomic mass is 16.5. The number of methoxy groups -OCH3 is 1. The number of hydrogen-bond acceptors (Lipinski definition) is 3. The first-order valence-electron chi connectivity index (χ1n) is 6.38. The molecule has 1 atom stereocenters. The number of rotatable bonds is 6. The molecule has 1 N–H and O–H groups in total. The van der Waals surface area contributed by atoms with Crippen LogP contribution in [-0.4, -0.2) is 19.6 Å². The van der Waals surface area contributed by atoms with Crippen LogP contribution in [0, 0.1) is 18.8 Å². The van der Waals surface area contributed by atoms with Crippen LogP contribution in [0.2, 0.25) is 0 Å². The van der Waals surface area contributed by atoms with E-state index in [1.54, 1.807) is 0 Å². The smallest absolute Gasteiger partial charge is 0.310 e. The van der Waals surface area contributed by atoms with Gasteiger partial charge in [-0.25, -0.2) is 0 Å². The van der Waals surface area contributed by atoms with Crippen LogP contribution in [0.3, 0.4) is 0 Å². The van der Waals surface area contributed by atoms with Crippen LogP contribution < -0.4 is 5.32 Å². The molecule has 0 amide bonds. The molecule has 1 aromatic carbocycles. The molecule has 0 fully saturated rings. The lowest BCUT2D eigenvalue weighted by Crippen LogP contribution is -2.32. The fourth-order valence-corrected chi connectivity index (χ4v) is 1.82. The van der Waals surface area contributed by atoms with Gasteiger partial charge in [0.1, 0.15) is 0 Å². The highest BCUT2D eigenvalue weighted by Gasteiger charge is 2.22. The predicted octanol–water partition coefficient (Wildman–Crippen LogP) is 2.53. The molecule has 0 saturated carbocycles. The van der Waals surface area contributed by atoms with Gasteiger partial charge in [0.25, 0.3) is 0 Å². The van der Waals surface area contributed by atoms with Gasteiger partial charge in [0.2, 0.25) is 0 Å². The van der Waals surface area contributed by atoms with Gasteiger partial charge in [0, 0.05) is 13.1 Å². The monoisotopic (exact) mass is 249 g/mol. The van der Waals surface area contributed by atoms with Gasteiger partial charge in [-0.3, -0.25) is 4.79 Å². The topological polar surface area (TPSA) is 38.3 Å². The van der Waals surface area contributed by atoms with E-state index in [4.69, 9.17) is 4.74 Å². The molecule has 0 saturated heterocycles. The zero-order chi connectivity index (χ0) is 13.5. The average Bonchev–Trinajstić information content (AvgIpc) is 2.35. The number of aryl methyl sites for hydroxylation is 1. The van der Waals surface area contributed by atoms with E-state index >= 15 is 0 Å². The standard InChI is InChI=1S/C15H23NO2/c1-11(2)14(15(17)18-4)10-16-9-13-7-5-12(3)6-8-13/h5-8,11,14,16H,9-10H2,1-4H3. The number of benzene rings is 1. The summed E-state index contributed by atoms with van der Waals surface area (Å²) in [6, 6.07) is 8.39. The third kappa shape index (κ3) is 4.49. The van der Waals surface area contributed by atoms with Crippen molar-refractivity contribution >= 4 is 5.97 Å². The molecule has 1 unspecified atom stereocenters. The second-order valence-electron chi connectivity index (χ2n) is 4.99. The number of carbonyl (C=O) groups is 1. The zero-order valence-corrected chi connectivity index (χ0v) is 11.7. The molecule has 0 heterocycles. The van der Waals surface area contributed by atoms with E-state index in [0.29, 0.717) is 6.54 Å². The van der Waals surface area contributed by atoms with E-state index in [1.165, 1.54) is 18.2 Å². The van der Waals surface area contributed by atoms with Crippen molar-refractivity contribution in [1.82, 2.24) is 5.32 Å². The molecule has 100 valence electrons. The van der Waals surface area contributed by atoms with Crippen LogP contribution in [-0.2, 0) is 16.1 Å². The summed E-state index contributed by atoms with van der Waals surface area (Å²) in [4.78, 5) is 11.6. The Morgan fingerprint density at radius 1 is 1.28 bits per heavy atom. The molecule has 0 aromatic heterocycles. The molecule has 0 radical (unpaired) electrons. The highest BCUT2D eigenvalue weighted by molar-refractivity contribution is 5.72. The van der Waals surface area contributed by atoms with Crippen LogP contribution in [0.15, 0.2) is 24.3 Å². The van der Waals surface area contributed by atoms with Crippen LogP contribution >= 0.6 is 0 Å². The molecule has 0 aliphatic carbocycles. The average molecular weight is 249 g/mol. The summed E-state index contributed by atoms with van der Waals surface area (Å²) in [6.07, 6.45) is 0. The summed E-state index contributed by atoms with van der Waals surface area (Å²) in [5.74, 6) is 0.0600. The van der Waals surface area contributed by atoms with Crippen LogP contribution in [0.5, 0.6) is 0 Å². The zero-order valence-electron chi connectivity index (χ0n) is 11.7. The summed E-state index contributed by atoms with van der Waals surface area (Å²) in [6.45, 7) is 7.58. The Morgan fingerprint density at radius 3 is 2.39 bits per heavy atom. The van der Waals surface area contributed by atoms with E-state index in [0.717, 1.165) is 6.54 Å². The third-order valence-corrected chi connectivity index (χ3v) is 3.12. The van der Waals surface area contributed by atoms with Crippen molar-refractivity contribution < 1.29 is 9.53 Å². The van der Waals surface area contributed by atoms with E-state index < -0.39 is 0 Å². The summed E-state index contributed by atoms with van der Waals surface area (Å²) in [5, 5.41) is 3.32. The van der Waals surface area contributed by atoms with Gasteiger partial charge in [0.05, 0.1) is 13.0 Å². The van der Waals surface area contributed by atoms with Crippen molar-refractivity contribution in [3.05, 3.63) is 35.4 Å². The van der Waals surface area contributed by atoms with E-state index in [2.05, 4.69) is 36.5 Å². The quantitative estimate of drug-likeness (QED) is 0.787. The fraction of sp³-hybridized carbons (Fsp3) is 0.533. The first-order valence-corrected chi connectivity index (χ1v) is 6.38. The van der Waals surface area contributed by atoms with Gasteiger partial charge >= 0.3 is 5.97 Å². The molecule has 3 heteroatoms. The van der Waals surface area contributed by atoms with Crippen molar-refractivity contribution in [3.8, 4) is 0 Å². The maximum absolute atomic E-state index is 11.6. The molecule has 3 nitrogen and oxygen atoms in total. The fourth-order valence-electron chi connectivity index (χ4n) is 1.82. The Balaban J connectivity index is 2.43. The third-order valence-electron chi connectivity index (χ3n) is 3.12. The molecule has 1 rings (SSSR count). The van der Waals surface area contributed by atoms with Gasteiger partial charge in [-0.05, 0) is 18.4 Å². The number of esters is 1. The van der Waals surface area contributed by atoms with Crippen LogP contribution in [0.25, 0.3) is 0 Å². The molecule has 0 spiro atoms. The summed E-state index contributed by atoms with van der Waals surface area (Å²) in [5.41, 5.74) is 2.49. The Hall–Kier alpha value is -1.35. The number of nitrogens with one attached hydrogen (secondary N) is 1. The first-order chi connectivity index (χ1) is 8.54. The lowest BCUT2D eigenvalue weighted by atomic mass is 9.96. The van der Waals surface area contributed by atoms with Crippen molar-refractivity contribution in [2.24, 2.45) is 11.8 Å². The Morgan fingerprint density at radius 2 is 1.89 bits per heavy atom. The molecular weight excluding hydrogens is 226 g/mol. The van der Waals surface area contributed by atoms with Gasteiger partial charge in [-0.1, -0.05) is 43.7 Å². The maximum atomic E-state index is 11.6. The Bertz CT molecular complexity index is 371. The summed E-state index contributed by atoms with van der Waals surface area (Å²) < 4.78 is 4.81. The minimum absolute atomic E-state index is 0.0829. The summed E-state index contributed by atoms with van der Waals surface area (Å²) >= 11 is 0. The summed E-state index contributed by atoms with van der Waals surface area (Å²) in [7, 11) is 1.44. The molecule has 1 aromatic rings. The first kappa shape index (κ1) is 14.7. The lowest BCUT2D eigenvalue weighted by molar-refractivity contribution is -0.146. The van der Waals surface area contributed by atoms with Crippen molar-refractivity contribution in [1.29, 1.82) is 0 Å². The lowest BCUT2D eigenvalue weighted by Gasteiger charge is -2.18. The van der Waals surface area contributed by atoms with E-state index in [9.17, 15) is 4.79 Å². The SMILES string of the molecule is COC(=O)C(CNCc1ccc(C)cc1)C(C)C. The molecule has 18 heavy (non-hydrogen) atoms. The second-order valence-corrected chi connectivity index (χ2v) is 4.99. The Labute approximate surface area is 110 Å². The van der Waals surface area contributed by atoms with Crippen LogP contribution in [0.1, 0.15) is 25.0 Å². The van der Waals surface area contributed by atoms with Crippen molar-refractivity contribution in [2.45, 2.75) is 27.3 Å². The normalized spacial score (nSPS) is 12.5. The second kappa shape index (κ2) is 7.17. The molecule has 0 aliphatic rings. The predicted molar refractivity (Wildman–Crippen MR) is 73.2 cm³/mol. The van der Waals surface area contributed by atoms with Crippen molar-refractivity contribution in [3.63, 3.8) is 0 Å². The molecule has 0 aliphatic heterocycles. The van der Waals surface area contributed by atoms with E-state index in [-0.39, 0.29) is 17.8 Å². The van der Waals surface area contributed by atoms with Gasteiger partial charge in [-0.2, -0.15) is 0 Å². The molecule has 0 bridgehead atoms. The number of hydrogen-bond donors (Lipinski definition) is 1. The number of ether oxygens (including phenoxy) is 1. The largest absolute Gasteiger partial charge is 0.469 e. The minimum Gasteiger partial charge on any atom is -0.469 e. The molecular formula is C15H23NO2. The van der Waals surface area contributed by atoms with Crippen molar-refractivity contribution in [2.75, 3.05) is 13.7 Å². The van der Waals surface area contributed by atoms with Crippen LogP contribution in [0.4, 0.5) is 0 Å². The number of carbonyl (C=O) groups excluding carboxylic acids is 1. The maximum Gasteiger partial charge on any atom is 0.310 e. The minimum atomic E-state index is -0.138. The van der Waals surface area contributed by atoms with Gasteiger partial charge < -0.3 is 10.1 Å². The van der Waals surface area contributed by atoms with Gasteiger partial charge in [-0.15, -0.1) is 0 Å². The van der Waals surface area contributed by atoms with Gasteiger partial charge in [0.15, 0.2) is 0 Å². The Kier molecular flexibility index (Phi) is 5.86.